The van der Waals surface area contributed by atoms with E-state index in [4.69, 9.17) is 5.11 Å². The van der Waals surface area contributed by atoms with Crippen molar-refractivity contribution in [2.24, 2.45) is 0 Å². The van der Waals surface area contributed by atoms with Gasteiger partial charge in [0.1, 0.15) is 5.75 Å². The average molecular weight is 190 g/mol. The van der Waals surface area contributed by atoms with Crippen LogP contribution in [0.4, 0.5) is 0 Å². The van der Waals surface area contributed by atoms with E-state index < -0.39 is 0 Å². The van der Waals surface area contributed by atoms with Crippen molar-refractivity contribution in [3.05, 3.63) is 29.8 Å². The molecule has 0 saturated carbocycles. The molecule has 1 N–H and O–H groups in total. The van der Waals surface area contributed by atoms with Crippen LogP contribution in [0.15, 0.2) is 24.3 Å². The first-order valence-corrected chi connectivity index (χ1v) is 3.79. The minimum absolute atomic E-state index is 0. The van der Waals surface area contributed by atoms with Gasteiger partial charge in [-0.2, -0.15) is 0 Å². The number of phenolic OH excluding ortho intramolecular Hbond substituents is 1. The molecule has 0 unspecified atom stereocenters. The molecular weight excluding hydrogens is 175 g/mol. The summed E-state index contributed by atoms with van der Waals surface area (Å²) in [6, 6.07) is 7.35. The molecule has 12 heavy (non-hydrogen) atoms. The number of hydrogen-bond acceptors (Lipinski definition) is 1. The van der Waals surface area contributed by atoms with Gasteiger partial charge in [-0.25, -0.2) is 0 Å². The van der Waals surface area contributed by atoms with E-state index in [9.17, 15) is 0 Å². The summed E-state index contributed by atoms with van der Waals surface area (Å²) >= 11 is 0. The summed E-state index contributed by atoms with van der Waals surface area (Å²) in [5.41, 5.74) is 1.42. The second-order valence-electron chi connectivity index (χ2n) is 3.80. The van der Waals surface area contributed by atoms with Crippen molar-refractivity contribution in [1.82, 2.24) is 0 Å². The molecule has 0 atom stereocenters. The van der Waals surface area contributed by atoms with Gasteiger partial charge in [-0.3, -0.25) is 0 Å². The number of rotatable bonds is 0. The van der Waals surface area contributed by atoms with Gasteiger partial charge in [0.25, 0.3) is 0 Å². The summed E-state index contributed by atoms with van der Waals surface area (Å²) in [6.45, 7) is 6.46. The van der Waals surface area contributed by atoms with Crippen molar-refractivity contribution in [2.75, 3.05) is 0 Å². The fourth-order valence-corrected chi connectivity index (χ4v) is 0.961. The van der Waals surface area contributed by atoms with Gasteiger partial charge in [-0.05, 0) is 23.1 Å². The Balaban J connectivity index is 0.00000121. The fourth-order valence-electron chi connectivity index (χ4n) is 0.961. The topological polar surface area (TPSA) is 20.2 Å². The molecule has 0 radical (unpaired) electrons. The molecule has 2 heteroatoms. The molecule has 0 aliphatic carbocycles. The van der Waals surface area contributed by atoms with E-state index in [1.165, 1.54) is 5.56 Å². The van der Waals surface area contributed by atoms with Gasteiger partial charge in [0.05, 0.1) is 0 Å². The maximum absolute atomic E-state index is 9.02. The molecule has 1 nitrogen and oxygen atoms in total. The Morgan fingerprint density at radius 2 is 1.42 bits per heavy atom. The summed E-state index contributed by atoms with van der Waals surface area (Å²) in [4.78, 5) is 0. The van der Waals surface area contributed by atoms with Crippen LogP contribution in [0.5, 0.6) is 5.75 Å². The van der Waals surface area contributed by atoms with E-state index >= 15 is 0 Å². The first-order chi connectivity index (χ1) is 5.00. The molecule has 0 aliphatic heterocycles. The van der Waals surface area contributed by atoms with Crippen LogP contribution in [-0.2, 0) is 5.41 Å². The van der Waals surface area contributed by atoms with Crippen LogP contribution in [0.1, 0.15) is 26.3 Å². The Bertz CT molecular complexity index is 233. The zero-order valence-electron chi connectivity index (χ0n) is 7.26. The third kappa shape index (κ3) is 3.58. The molecule has 0 aliphatic rings. The minimum atomic E-state index is 0. The summed E-state index contributed by atoms with van der Waals surface area (Å²) in [7, 11) is 0. The second-order valence-corrected chi connectivity index (χ2v) is 3.80. The van der Waals surface area contributed by atoms with E-state index in [2.05, 4.69) is 20.8 Å². The van der Waals surface area contributed by atoms with E-state index in [-0.39, 0.29) is 56.8 Å². The van der Waals surface area contributed by atoms with Gasteiger partial charge in [-0.15, -0.1) is 0 Å². The molecule has 62 valence electrons. The second kappa shape index (κ2) is 4.77. The summed E-state index contributed by atoms with van der Waals surface area (Å²) in [6.07, 6.45) is 0. The number of aromatic hydroxyl groups is 1. The van der Waals surface area contributed by atoms with Crippen molar-refractivity contribution >= 4 is 51.4 Å². The summed E-state index contributed by atoms with van der Waals surface area (Å²) in [5.74, 6) is 0.331. The van der Waals surface area contributed by atoms with E-state index in [0.29, 0.717) is 5.75 Å². The quantitative estimate of drug-likeness (QED) is 0.621. The van der Waals surface area contributed by atoms with Crippen molar-refractivity contribution in [1.29, 1.82) is 0 Å². The zero-order valence-corrected chi connectivity index (χ0v) is 7.26. The zero-order chi connectivity index (χ0) is 8.48. The molecule has 0 amide bonds. The van der Waals surface area contributed by atoms with Crippen LogP contribution in [0, 0.1) is 0 Å². The van der Waals surface area contributed by atoms with Gasteiger partial charge >= 0.3 is 51.4 Å². The average Bonchev–Trinajstić information content (AvgIpc) is 1.86. The predicted octanol–water partition coefficient (Wildman–Crippen LogP) is 2.04. The van der Waals surface area contributed by atoms with Crippen LogP contribution in [0.25, 0.3) is 0 Å². The van der Waals surface area contributed by atoms with Gasteiger partial charge in [0, 0.05) is 0 Å². The monoisotopic (exact) mass is 190 g/mol. The van der Waals surface area contributed by atoms with Crippen LogP contribution in [0.2, 0.25) is 0 Å². The van der Waals surface area contributed by atoms with Crippen LogP contribution in [-0.4, -0.2) is 56.5 Å². The molecular formula is C10H15KO. The van der Waals surface area contributed by atoms with Gasteiger partial charge in [0.15, 0.2) is 0 Å². The predicted molar refractivity (Wildman–Crippen MR) is 54.0 cm³/mol. The van der Waals surface area contributed by atoms with Gasteiger partial charge in [-0.1, -0.05) is 32.9 Å². The molecule has 0 heterocycles. The number of hydrogen-bond donors (Lipinski definition) is 1. The molecule has 0 bridgehead atoms. The Hall–Kier alpha value is 0.656. The third-order valence-corrected chi connectivity index (χ3v) is 1.73. The van der Waals surface area contributed by atoms with Crippen LogP contribution >= 0.6 is 0 Å². The van der Waals surface area contributed by atoms with Crippen molar-refractivity contribution in [3.8, 4) is 5.75 Å². The molecule has 0 saturated heterocycles. The first kappa shape index (κ1) is 12.7. The Labute approximate surface area is 117 Å². The first-order valence-electron chi connectivity index (χ1n) is 3.79. The summed E-state index contributed by atoms with van der Waals surface area (Å²) < 4.78 is 0. The van der Waals surface area contributed by atoms with E-state index in [1.54, 1.807) is 12.1 Å². The van der Waals surface area contributed by atoms with E-state index in [0.717, 1.165) is 0 Å². The van der Waals surface area contributed by atoms with Crippen LogP contribution < -0.4 is 0 Å². The molecule has 0 aromatic heterocycles. The standard InChI is InChI=1S/C10H14O.K.H/c1-10(2,3)8-4-6-9(11)7-5-8;;/h4-7,11H,1-3H3;;. The number of benzene rings is 1. The molecule has 1 aromatic carbocycles. The third-order valence-electron chi connectivity index (χ3n) is 1.73. The maximum atomic E-state index is 9.02. The molecule has 1 rings (SSSR count). The van der Waals surface area contributed by atoms with Crippen molar-refractivity contribution < 1.29 is 5.11 Å². The van der Waals surface area contributed by atoms with E-state index in [1.807, 2.05) is 12.1 Å². The summed E-state index contributed by atoms with van der Waals surface area (Å²) in [5, 5.41) is 9.02. The number of phenols is 1. The van der Waals surface area contributed by atoms with Crippen molar-refractivity contribution in [2.45, 2.75) is 26.2 Å². The molecule has 0 spiro atoms. The normalized spacial score (nSPS) is 10.6. The molecule has 0 fully saturated rings. The SMILES string of the molecule is CC(C)(C)c1ccc(O)cc1.[KH]. The van der Waals surface area contributed by atoms with Crippen LogP contribution in [0.3, 0.4) is 0 Å². The molecule has 1 aromatic rings. The van der Waals surface area contributed by atoms with Crippen molar-refractivity contribution in [3.63, 3.8) is 0 Å². The fraction of sp³-hybridized carbons (Fsp3) is 0.400. The Kier molecular flexibility index (Phi) is 5.03. The Morgan fingerprint density at radius 3 is 1.75 bits per heavy atom. The van der Waals surface area contributed by atoms with Gasteiger partial charge in [0.2, 0.25) is 0 Å². The van der Waals surface area contributed by atoms with Gasteiger partial charge < -0.3 is 5.11 Å². The Morgan fingerprint density at radius 1 is 1.00 bits per heavy atom.